The third kappa shape index (κ3) is 4.68. The molecule has 30 heavy (non-hydrogen) atoms. The van der Waals surface area contributed by atoms with Crippen molar-refractivity contribution in [1.82, 2.24) is 15.3 Å². The number of rotatable bonds is 8. The van der Waals surface area contributed by atoms with Crippen LogP contribution in [0.25, 0.3) is 11.0 Å². The topological polar surface area (TPSA) is 132 Å². The van der Waals surface area contributed by atoms with Gasteiger partial charge < -0.3 is 33.8 Å². The summed E-state index contributed by atoms with van der Waals surface area (Å²) < 4.78 is 21.5. The minimum atomic E-state index is -2.60. The average Bonchev–Trinajstić information content (AvgIpc) is 2.75. The largest absolute Gasteiger partial charge is 0.496 e. The Morgan fingerprint density at radius 1 is 1.07 bits per heavy atom. The van der Waals surface area contributed by atoms with E-state index in [-0.39, 0.29) is 23.9 Å². The van der Waals surface area contributed by atoms with Crippen molar-refractivity contribution in [2.75, 3.05) is 21.3 Å². The van der Waals surface area contributed by atoms with E-state index >= 15 is 0 Å². The number of methoxy groups -OCH3 is 2. The molecule has 0 aliphatic carbocycles. The zero-order valence-electron chi connectivity index (χ0n) is 16.4. The second-order valence-corrected chi connectivity index (χ2v) is 6.57. The first-order chi connectivity index (χ1) is 14.5. The maximum atomic E-state index is 12.3. The lowest BCUT2D eigenvalue weighted by atomic mass is 10.1. The van der Waals surface area contributed by atoms with Crippen molar-refractivity contribution in [2.24, 2.45) is 0 Å². The molecule has 1 amide bonds. The molecule has 0 unspecified atom stereocenters. The molecule has 0 saturated heterocycles. The molecule has 0 atom stereocenters. The van der Waals surface area contributed by atoms with Crippen molar-refractivity contribution in [3.8, 4) is 23.1 Å². The summed E-state index contributed by atoms with van der Waals surface area (Å²) in [6, 6.07) is 10.1. The smallest absolute Gasteiger partial charge is 0.391 e. The predicted molar refractivity (Wildman–Crippen MR) is 109 cm³/mol. The van der Waals surface area contributed by atoms with Gasteiger partial charge in [0.15, 0.2) is 5.69 Å². The fraction of sp³-hybridized carbons (Fsp3) is 0.211. The van der Waals surface area contributed by atoms with E-state index in [2.05, 4.69) is 15.3 Å². The van der Waals surface area contributed by atoms with Gasteiger partial charge in [-0.25, -0.2) is 9.97 Å². The van der Waals surface area contributed by atoms with Gasteiger partial charge >= 0.3 is 8.60 Å². The van der Waals surface area contributed by atoms with Gasteiger partial charge in [-0.1, -0.05) is 12.1 Å². The van der Waals surface area contributed by atoms with Gasteiger partial charge in [0.1, 0.15) is 23.9 Å². The van der Waals surface area contributed by atoms with Gasteiger partial charge in [-0.2, -0.15) is 0 Å². The number of carbonyl (C=O) groups excluding carboxylic acids is 1. The molecular formula is C19H20N3O7P. The van der Waals surface area contributed by atoms with Crippen molar-refractivity contribution in [2.45, 2.75) is 6.61 Å². The fourth-order valence-corrected chi connectivity index (χ4v) is 3.03. The van der Waals surface area contributed by atoms with Crippen LogP contribution in [-0.2, 0) is 6.61 Å². The third-order valence-electron chi connectivity index (χ3n) is 4.10. The molecule has 3 rings (SSSR count). The van der Waals surface area contributed by atoms with Crippen LogP contribution in [0.15, 0.2) is 36.4 Å². The molecule has 158 valence electrons. The summed E-state index contributed by atoms with van der Waals surface area (Å²) in [4.78, 5) is 39.2. The second-order valence-electron chi connectivity index (χ2n) is 5.88. The van der Waals surface area contributed by atoms with Crippen molar-refractivity contribution in [1.29, 1.82) is 0 Å². The van der Waals surface area contributed by atoms with Crippen LogP contribution in [0, 0.1) is 0 Å². The van der Waals surface area contributed by atoms with Crippen molar-refractivity contribution in [3.05, 3.63) is 47.7 Å². The summed E-state index contributed by atoms with van der Waals surface area (Å²) in [7, 11) is 1.77. The van der Waals surface area contributed by atoms with Gasteiger partial charge in [-0.15, -0.1) is 0 Å². The lowest BCUT2D eigenvalue weighted by Gasteiger charge is -2.17. The minimum absolute atomic E-state index is 0.0419. The molecule has 0 fully saturated rings. The van der Waals surface area contributed by atoms with E-state index in [9.17, 15) is 4.79 Å². The summed E-state index contributed by atoms with van der Waals surface area (Å²) in [6.45, 7) is -0.0589. The number of carbonyl (C=O) groups is 1. The van der Waals surface area contributed by atoms with Crippen LogP contribution >= 0.6 is 8.60 Å². The SMILES string of the molecule is CNC(=O)c1nc2ccccc2nc1OCc1c(OC)cc(OP(O)O)cc1OC. The fourth-order valence-electron chi connectivity index (χ4n) is 2.74. The van der Waals surface area contributed by atoms with Gasteiger partial charge in [0.2, 0.25) is 5.88 Å². The van der Waals surface area contributed by atoms with Gasteiger partial charge in [-0.05, 0) is 12.1 Å². The molecule has 0 saturated carbocycles. The van der Waals surface area contributed by atoms with E-state index in [1.807, 2.05) is 6.07 Å². The molecular weight excluding hydrogens is 413 g/mol. The Balaban J connectivity index is 1.98. The van der Waals surface area contributed by atoms with Crippen molar-refractivity contribution < 1.29 is 33.3 Å². The van der Waals surface area contributed by atoms with Crippen molar-refractivity contribution >= 4 is 25.5 Å². The summed E-state index contributed by atoms with van der Waals surface area (Å²) in [5, 5.41) is 2.52. The highest BCUT2D eigenvalue weighted by Crippen LogP contribution is 2.39. The van der Waals surface area contributed by atoms with E-state index in [1.165, 1.54) is 33.4 Å². The number of ether oxygens (including phenoxy) is 3. The van der Waals surface area contributed by atoms with E-state index in [0.29, 0.717) is 28.1 Å². The number of hydrogen-bond donors (Lipinski definition) is 3. The van der Waals surface area contributed by atoms with Gasteiger partial charge in [-0.3, -0.25) is 4.79 Å². The number of nitrogens with zero attached hydrogens (tertiary/aromatic N) is 2. The molecule has 0 bridgehead atoms. The van der Waals surface area contributed by atoms with Crippen LogP contribution in [0.4, 0.5) is 0 Å². The van der Waals surface area contributed by atoms with Gasteiger partial charge in [0, 0.05) is 19.2 Å². The summed E-state index contributed by atoms with van der Waals surface area (Å²) in [5.74, 6) is 0.421. The quantitative estimate of drug-likeness (QED) is 0.457. The number of hydrogen-bond acceptors (Lipinski definition) is 9. The van der Waals surface area contributed by atoms with Crippen LogP contribution < -0.4 is 24.1 Å². The van der Waals surface area contributed by atoms with E-state index < -0.39 is 14.5 Å². The maximum Gasteiger partial charge on any atom is 0.391 e. The minimum Gasteiger partial charge on any atom is -0.496 e. The normalized spacial score (nSPS) is 10.7. The van der Waals surface area contributed by atoms with Gasteiger partial charge in [0.05, 0.1) is 30.8 Å². The zero-order chi connectivity index (χ0) is 21.7. The molecule has 3 N–H and O–H groups in total. The highest BCUT2D eigenvalue weighted by molar-refractivity contribution is 7.39. The van der Waals surface area contributed by atoms with Crippen LogP contribution in [0.1, 0.15) is 16.1 Å². The molecule has 10 nitrogen and oxygen atoms in total. The number of aromatic nitrogens is 2. The number of amides is 1. The zero-order valence-corrected chi connectivity index (χ0v) is 17.3. The molecule has 11 heteroatoms. The Labute approximate surface area is 173 Å². The number of nitrogens with one attached hydrogen (secondary N) is 1. The molecule has 3 aromatic rings. The highest BCUT2D eigenvalue weighted by Gasteiger charge is 2.20. The Hall–Kier alpha value is -3.20. The Bertz CT molecular complexity index is 1040. The first kappa shape index (κ1) is 21.5. The first-order valence-corrected chi connectivity index (χ1v) is 9.85. The number of fused-ring (bicyclic) bond motifs is 1. The number of benzene rings is 2. The standard InChI is InChI=1S/C19H20N3O7P/c1-20-18(23)17-19(22-14-7-5-4-6-13(14)21-17)28-10-12-15(26-2)8-11(29-30(24)25)9-16(12)27-3/h4-9,24-25H,10H2,1-3H3,(H,20,23). The van der Waals surface area contributed by atoms with Crippen molar-refractivity contribution in [3.63, 3.8) is 0 Å². The lowest BCUT2D eigenvalue weighted by molar-refractivity contribution is 0.0952. The van der Waals surface area contributed by atoms with Crippen LogP contribution in [0.2, 0.25) is 0 Å². The molecule has 2 aromatic carbocycles. The monoisotopic (exact) mass is 433 g/mol. The van der Waals surface area contributed by atoms with Crippen LogP contribution in [-0.4, -0.2) is 46.9 Å². The molecule has 0 radical (unpaired) electrons. The van der Waals surface area contributed by atoms with Gasteiger partial charge in [0.25, 0.3) is 5.91 Å². The van der Waals surface area contributed by atoms with E-state index in [0.717, 1.165) is 0 Å². The average molecular weight is 433 g/mol. The summed E-state index contributed by atoms with van der Waals surface area (Å²) in [5.41, 5.74) is 1.68. The van der Waals surface area contributed by atoms with E-state index in [1.54, 1.807) is 18.2 Å². The first-order valence-electron chi connectivity index (χ1n) is 8.69. The molecule has 0 aliphatic heterocycles. The lowest BCUT2D eigenvalue weighted by Crippen LogP contribution is -2.21. The Kier molecular flexibility index (Phi) is 6.83. The predicted octanol–water partition coefficient (Wildman–Crippen LogP) is 2.18. The number of para-hydroxylation sites is 2. The second kappa shape index (κ2) is 9.53. The maximum absolute atomic E-state index is 12.3. The highest BCUT2D eigenvalue weighted by atomic mass is 31.2. The summed E-state index contributed by atoms with van der Waals surface area (Å²) in [6.07, 6.45) is 0. The molecule has 0 spiro atoms. The molecule has 1 aromatic heterocycles. The summed E-state index contributed by atoms with van der Waals surface area (Å²) >= 11 is 0. The van der Waals surface area contributed by atoms with Crippen LogP contribution in [0.5, 0.6) is 23.1 Å². The third-order valence-corrected chi connectivity index (χ3v) is 4.48. The Morgan fingerprint density at radius 2 is 1.67 bits per heavy atom. The molecule has 0 aliphatic rings. The molecule has 1 heterocycles. The Morgan fingerprint density at radius 3 is 2.20 bits per heavy atom. The van der Waals surface area contributed by atoms with E-state index in [4.69, 9.17) is 28.5 Å². The van der Waals surface area contributed by atoms with Crippen LogP contribution in [0.3, 0.4) is 0 Å².